The van der Waals surface area contributed by atoms with Crippen molar-refractivity contribution >= 4 is 33.3 Å². The van der Waals surface area contributed by atoms with E-state index in [1.807, 2.05) is 36.4 Å². The summed E-state index contributed by atoms with van der Waals surface area (Å²) in [5.41, 5.74) is 2.17. The van der Waals surface area contributed by atoms with E-state index in [4.69, 9.17) is 4.98 Å². The molecule has 0 N–H and O–H groups in total. The van der Waals surface area contributed by atoms with Gasteiger partial charge in [0.25, 0.3) is 5.56 Å². The van der Waals surface area contributed by atoms with Crippen LogP contribution in [0.3, 0.4) is 0 Å². The fourth-order valence-electron chi connectivity index (χ4n) is 3.41. The molecule has 1 atom stereocenters. The van der Waals surface area contributed by atoms with Gasteiger partial charge in [0.1, 0.15) is 4.83 Å². The van der Waals surface area contributed by atoms with Gasteiger partial charge in [-0.1, -0.05) is 43.0 Å². The Morgan fingerprint density at radius 1 is 1.40 bits per heavy atom. The third kappa shape index (κ3) is 2.96. The van der Waals surface area contributed by atoms with E-state index in [-0.39, 0.29) is 5.56 Å². The average Bonchev–Trinajstić information content (AvgIpc) is 2.98. The molecule has 3 aromatic rings. The van der Waals surface area contributed by atoms with Gasteiger partial charge in [0, 0.05) is 10.6 Å². The zero-order chi connectivity index (χ0) is 17.4. The standard InChI is InChI=1S/C20H20N2OS2/c1-3-11-24-20-21-18-17(15-10-9-13(2)12-16(15)25-18)19(23)22(20)14-7-5-4-6-8-14/h3-8,13H,1,9-12H2,2H3/t13-/m0/s1. The SMILES string of the molecule is C=CCSc1nc2sc3c(c2c(=O)n1-c1ccccc1)CC[C@H](C)C3. The van der Waals surface area contributed by atoms with E-state index in [0.717, 1.165) is 46.1 Å². The normalized spacial score (nSPS) is 16.8. The van der Waals surface area contributed by atoms with E-state index in [0.29, 0.717) is 5.92 Å². The summed E-state index contributed by atoms with van der Waals surface area (Å²) in [5, 5.41) is 1.58. The molecule has 0 unspecified atom stereocenters. The molecule has 128 valence electrons. The summed E-state index contributed by atoms with van der Waals surface area (Å²) in [5.74, 6) is 1.42. The number of para-hydroxylation sites is 1. The fraction of sp³-hybridized carbons (Fsp3) is 0.300. The first-order valence-corrected chi connectivity index (χ1v) is 10.4. The highest BCUT2D eigenvalue weighted by atomic mass is 32.2. The second kappa shape index (κ2) is 6.81. The van der Waals surface area contributed by atoms with Crippen LogP contribution in [0.25, 0.3) is 15.9 Å². The first kappa shape index (κ1) is 16.6. The highest BCUT2D eigenvalue weighted by Crippen LogP contribution is 2.36. The molecule has 0 saturated heterocycles. The number of thiophene rings is 1. The molecule has 5 heteroatoms. The summed E-state index contributed by atoms with van der Waals surface area (Å²) in [6, 6.07) is 9.81. The van der Waals surface area contributed by atoms with E-state index in [9.17, 15) is 4.79 Å². The van der Waals surface area contributed by atoms with Crippen molar-refractivity contribution in [1.82, 2.24) is 9.55 Å². The molecular formula is C20H20N2OS2. The lowest BCUT2D eigenvalue weighted by molar-refractivity contribution is 0.509. The Balaban J connectivity index is 1.99. The molecule has 3 nitrogen and oxygen atoms in total. The predicted octanol–water partition coefficient (Wildman–Crippen LogP) is 4.85. The van der Waals surface area contributed by atoms with Gasteiger partial charge >= 0.3 is 0 Å². The van der Waals surface area contributed by atoms with Crippen molar-refractivity contribution in [3.05, 3.63) is 63.8 Å². The molecule has 0 bridgehead atoms. The van der Waals surface area contributed by atoms with Crippen molar-refractivity contribution in [1.29, 1.82) is 0 Å². The van der Waals surface area contributed by atoms with Crippen LogP contribution in [-0.4, -0.2) is 15.3 Å². The van der Waals surface area contributed by atoms with Crippen LogP contribution in [0.2, 0.25) is 0 Å². The van der Waals surface area contributed by atoms with Crippen LogP contribution >= 0.6 is 23.1 Å². The van der Waals surface area contributed by atoms with Gasteiger partial charge < -0.3 is 0 Å². The number of hydrogen-bond donors (Lipinski definition) is 0. The molecule has 0 saturated carbocycles. The number of benzene rings is 1. The summed E-state index contributed by atoms with van der Waals surface area (Å²) in [6.07, 6.45) is 5.05. The smallest absolute Gasteiger partial charge is 0.267 e. The van der Waals surface area contributed by atoms with Crippen LogP contribution in [0.15, 0.2) is 52.9 Å². The molecule has 2 aromatic heterocycles. The van der Waals surface area contributed by atoms with Gasteiger partial charge in [-0.15, -0.1) is 17.9 Å². The van der Waals surface area contributed by atoms with E-state index < -0.39 is 0 Å². The summed E-state index contributed by atoms with van der Waals surface area (Å²) < 4.78 is 1.77. The van der Waals surface area contributed by atoms with Crippen molar-refractivity contribution in [3.8, 4) is 5.69 Å². The van der Waals surface area contributed by atoms with Gasteiger partial charge in [-0.05, 0) is 42.9 Å². The number of aromatic nitrogens is 2. The maximum absolute atomic E-state index is 13.4. The number of fused-ring (bicyclic) bond motifs is 3. The highest BCUT2D eigenvalue weighted by molar-refractivity contribution is 7.99. The van der Waals surface area contributed by atoms with Gasteiger partial charge in [0.15, 0.2) is 5.16 Å². The minimum atomic E-state index is 0.0646. The van der Waals surface area contributed by atoms with Crippen LogP contribution in [0.4, 0.5) is 0 Å². The van der Waals surface area contributed by atoms with E-state index in [1.54, 1.807) is 27.7 Å². The first-order valence-electron chi connectivity index (χ1n) is 8.55. The molecular weight excluding hydrogens is 348 g/mol. The third-order valence-electron chi connectivity index (χ3n) is 4.64. The Morgan fingerprint density at radius 3 is 2.96 bits per heavy atom. The molecule has 25 heavy (non-hydrogen) atoms. The van der Waals surface area contributed by atoms with Crippen LogP contribution in [0.1, 0.15) is 23.8 Å². The Kier molecular flexibility index (Phi) is 4.52. The Bertz CT molecular complexity index is 988. The van der Waals surface area contributed by atoms with Gasteiger partial charge in [-0.25, -0.2) is 4.98 Å². The molecule has 0 fully saturated rings. The third-order valence-corrected chi connectivity index (χ3v) is 6.73. The highest BCUT2D eigenvalue weighted by Gasteiger charge is 2.25. The van der Waals surface area contributed by atoms with Gasteiger partial charge in [0.05, 0.1) is 11.1 Å². The van der Waals surface area contributed by atoms with Crippen LogP contribution < -0.4 is 5.56 Å². The lowest BCUT2D eigenvalue weighted by Gasteiger charge is -2.17. The Morgan fingerprint density at radius 2 is 2.20 bits per heavy atom. The lowest BCUT2D eigenvalue weighted by Crippen LogP contribution is -2.22. The summed E-state index contributed by atoms with van der Waals surface area (Å²) in [7, 11) is 0. The topological polar surface area (TPSA) is 34.9 Å². The van der Waals surface area contributed by atoms with E-state index >= 15 is 0 Å². The molecule has 1 aromatic carbocycles. The lowest BCUT2D eigenvalue weighted by atomic mass is 9.89. The first-order chi connectivity index (χ1) is 12.2. The fourth-order valence-corrected chi connectivity index (χ4v) is 5.58. The Hall–Kier alpha value is -1.85. The van der Waals surface area contributed by atoms with E-state index in [1.165, 1.54) is 10.4 Å². The number of aryl methyl sites for hydroxylation is 1. The number of thioether (sulfide) groups is 1. The Labute approximate surface area is 155 Å². The molecule has 4 rings (SSSR count). The van der Waals surface area contributed by atoms with Crippen LogP contribution in [0, 0.1) is 5.92 Å². The monoisotopic (exact) mass is 368 g/mol. The van der Waals surface area contributed by atoms with Crippen molar-refractivity contribution in [2.75, 3.05) is 5.75 Å². The molecule has 0 amide bonds. The summed E-state index contributed by atoms with van der Waals surface area (Å²) in [4.78, 5) is 20.5. The molecule has 2 heterocycles. The quantitative estimate of drug-likeness (QED) is 0.375. The molecule has 0 radical (unpaired) electrons. The maximum atomic E-state index is 13.4. The molecule has 0 spiro atoms. The van der Waals surface area contributed by atoms with Crippen molar-refractivity contribution in [3.63, 3.8) is 0 Å². The number of rotatable bonds is 4. The minimum absolute atomic E-state index is 0.0646. The zero-order valence-electron chi connectivity index (χ0n) is 14.2. The summed E-state index contributed by atoms with van der Waals surface area (Å²) >= 11 is 3.26. The van der Waals surface area contributed by atoms with Crippen molar-refractivity contribution in [2.45, 2.75) is 31.3 Å². The predicted molar refractivity (Wildman–Crippen MR) is 107 cm³/mol. The largest absolute Gasteiger partial charge is 0.268 e. The van der Waals surface area contributed by atoms with E-state index in [2.05, 4.69) is 13.5 Å². The van der Waals surface area contributed by atoms with Gasteiger partial charge in [0.2, 0.25) is 0 Å². The van der Waals surface area contributed by atoms with Crippen molar-refractivity contribution < 1.29 is 0 Å². The maximum Gasteiger partial charge on any atom is 0.267 e. The molecule has 0 aliphatic heterocycles. The number of nitrogens with zero attached hydrogens (tertiary/aromatic N) is 2. The molecule has 1 aliphatic rings. The van der Waals surface area contributed by atoms with Crippen LogP contribution in [-0.2, 0) is 12.8 Å². The zero-order valence-corrected chi connectivity index (χ0v) is 15.8. The minimum Gasteiger partial charge on any atom is -0.268 e. The summed E-state index contributed by atoms with van der Waals surface area (Å²) in [6.45, 7) is 6.08. The second-order valence-electron chi connectivity index (χ2n) is 6.50. The second-order valence-corrected chi connectivity index (χ2v) is 8.57. The van der Waals surface area contributed by atoms with Gasteiger partial charge in [-0.2, -0.15) is 0 Å². The molecule has 1 aliphatic carbocycles. The van der Waals surface area contributed by atoms with Crippen molar-refractivity contribution in [2.24, 2.45) is 5.92 Å². The van der Waals surface area contributed by atoms with Crippen LogP contribution in [0.5, 0.6) is 0 Å². The number of hydrogen-bond acceptors (Lipinski definition) is 4. The van der Waals surface area contributed by atoms with Gasteiger partial charge in [-0.3, -0.25) is 9.36 Å². The average molecular weight is 369 g/mol.